The molecule has 2 aromatic rings. The number of aliphatic imine (C=N–C) groups is 1. The number of hydrogen-bond acceptors (Lipinski definition) is 1. The average Bonchev–Trinajstić information content (AvgIpc) is 2.29. The molecule has 0 amide bonds. The minimum Gasteiger partial charge on any atom is -1.00 e. The van der Waals surface area contributed by atoms with E-state index in [1.165, 1.54) is 0 Å². The maximum absolute atomic E-state index is 4.32. The summed E-state index contributed by atoms with van der Waals surface area (Å²) in [6, 6.07) is 20.7. The zero-order valence-electron chi connectivity index (χ0n) is 8.81. The van der Waals surface area contributed by atoms with Crippen LogP contribution in [0.25, 0.3) is 0 Å². The van der Waals surface area contributed by atoms with E-state index in [1.807, 2.05) is 60.8 Å². The van der Waals surface area contributed by atoms with Gasteiger partial charge in [-0.05, 0) is 18.3 Å². The van der Waals surface area contributed by atoms with E-state index in [2.05, 4.69) is 11.1 Å². The average molecular weight is 284 g/mol. The van der Waals surface area contributed by atoms with Crippen molar-refractivity contribution in [2.45, 2.75) is 0 Å². The molecule has 2 aromatic carbocycles. The number of nitrogens with zero attached hydrogens (tertiary/aromatic N) is 1. The molecular formula is C13H10BrMgN. The van der Waals surface area contributed by atoms with Crippen LogP contribution in [0.2, 0.25) is 0 Å². The summed E-state index contributed by atoms with van der Waals surface area (Å²) in [5, 5.41) is 0. The van der Waals surface area contributed by atoms with E-state index in [0.717, 1.165) is 11.3 Å². The summed E-state index contributed by atoms with van der Waals surface area (Å²) < 4.78 is 0. The molecule has 0 aliphatic carbocycles. The van der Waals surface area contributed by atoms with E-state index in [9.17, 15) is 0 Å². The maximum Gasteiger partial charge on any atom is 2.00 e. The number of para-hydroxylation sites is 1. The molecule has 0 bridgehead atoms. The Labute approximate surface area is 123 Å². The van der Waals surface area contributed by atoms with Gasteiger partial charge < -0.3 is 22.0 Å². The minimum absolute atomic E-state index is 0. The van der Waals surface area contributed by atoms with Crippen LogP contribution in [0.5, 0.6) is 0 Å². The van der Waals surface area contributed by atoms with Crippen molar-refractivity contribution in [1.29, 1.82) is 0 Å². The molecule has 2 rings (SSSR count). The maximum atomic E-state index is 4.32. The fourth-order valence-corrected chi connectivity index (χ4v) is 1.15. The molecule has 1 nitrogen and oxygen atoms in total. The van der Waals surface area contributed by atoms with Gasteiger partial charge in [0.15, 0.2) is 0 Å². The second-order valence-electron chi connectivity index (χ2n) is 2.91. The van der Waals surface area contributed by atoms with E-state index in [0.29, 0.717) is 0 Å². The van der Waals surface area contributed by atoms with Gasteiger partial charge in [0.2, 0.25) is 0 Å². The molecule has 16 heavy (non-hydrogen) atoms. The van der Waals surface area contributed by atoms with Crippen LogP contribution in [0.4, 0.5) is 5.69 Å². The van der Waals surface area contributed by atoms with Crippen LogP contribution in [0, 0.1) is 6.07 Å². The van der Waals surface area contributed by atoms with Crippen molar-refractivity contribution >= 4 is 35.0 Å². The van der Waals surface area contributed by atoms with Crippen molar-refractivity contribution < 1.29 is 17.0 Å². The Bertz CT molecular complexity index is 373. The Morgan fingerprint density at radius 2 is 1.62 bits per heavy atom. The molecule has 0 fully saturated rings. The Kier molecular flexibility index (Phi) is 8.16. The van der Waals surface area contributed by atoms with Crippen molar-refractivity contribution in [3.63, 3.8) is 0 Å². The van der Waals surface area contributed by atoms with E-state index >= 15 is 0 Å². The van der Waals surface area contributed by atoms with Gasteiger partial charge in [-0.2, -0.15) is 0 Å². The van der Waals surface area contributed by atoms with Gasteiger partial charge in [-0.15, -0.1) is 35.9 Å². The predicted molar refractivity (Wildman–Crippen MR) is 64.7 cm³/mol. The SMILES string of the molecule is [Br-].[Mg+2].[c-]1ccccc1C=Nc1ccccc1. The van der Waals surface area contributed by atoms with Crippen molar-refractivity contribution in [1.82, 2.24) is 0 Å². The van der Waals surface area contributed by atoms with Gasteiger partial charge in [0.05, 0.1) is 5.69 Å². The molecule has 0 aliphatic heterocycles. The molecule has 0 spiro atoms. The summed E-state index contributed by atoms with van der Waals surface area (Å²) in [5.41, 5.74) is 1.96. The third-order valence-corrected chi connectivity index (χ3v) is 1.84. The summed E-state index contributed by atoms with van der Waals surface area (Å²) in [5.74, 6) is 0. The van der Waals surface area contributed by atoms with Gasteiger partial charge in [-0.25, -0.2) is 0 Å². The van der Waals surface area contributed by atoms with Gasteiger partial charge in [-0.3, -0.25) is 0 Å². The number of rotatable bonds is 2. The largest absolute Gasteiger partial charge is 2.00 e. The van der Waals surface area contributed by atoms with Crippen molar-refractivity contribution in [3.05, 3.63) is 66.2 Å². The first-order chi connectivity index (χ1) is 6.95. The zero-order valence-corrected chi connectivity index (χ0v) is 11.8. The second-order valence-corrected chi connectivity index (χ2v) is 2.91. The van der Waals surface area contributed by atoms with Crippen LogP contribution in [0.3, 0.4) is 0 Å². The molecule has 0 saturated heterocycles. The number of halogens is 1. The van der Waals surface area contributed by atoms with Crippen LogP contribution >= 0.6 is 0 Å². The molecule has 0 radical (unpaired) electrons. The van der Waals surface area contributed by atoms with Crippen LogP contribution in [0.15, 0.2) is 59.6 Å². The molecule has 0 aliphatic rings. The first-order valence-corrected chi connectivity index (χ1v) is 4.51. The van der Waals surface area contributed by atoms with Gasteiger partial charge in [-0.1, -0.05) is 18.2 Å². The standard InChI is InChI=1S/C13H10N.BrH.Mg/c1-3-7-12(8-4-1)11-14-13-9-5-2-6-10-13;;/h1-7,9-11H;1H;/q-1;;+2/p-1. The molecule has 76 valence electrons. The van der Waals surface area contributed by atoms with E-state index < -0.39 is 0 Å². The molecule has 0 saturated carbocycles. The summed E-state index contributed by atoms with van der Waals surface area (Å²) in [6.45, 7) is 0. The molecule has 0 N–H and O–H groups in total. The molecule has 0 unspecified atom stereocenters. The molecule has 0 aromatic heterocycles. The Morgan fingerprint density at radius 3 is 2.25 bits per heavy atom. The van der Waals surface area contributed by atoms with E-state index in [-0.39, 0.29) is 40.0 Å². The van der Waals surface area contributed by atoms with Crippen LogP contribution in [-0.4, -0.2) is 29.3 Å². The number of benzene rings is 2. The third-order valence-electron chi connectivity index (χ3n) is 1.84. The van der Waals surface area contributed by atoms with E-state index in [4.69, 9.17) is 0 Å². The summed E-state index contributed by atoms with van der Waals surface area (Å²) in [7, 11) is 0. The van der Waals surface area contributed by atoms with E-state index in [1.54, 1.807) is 0 Å². The summed E-state index contributed by atoms with van der Waals surface area (Å²) >= 11 is 0. The summed E-state index contributed by atoms with van der Waals surface area (Å²) in [4.78, 5) is 4.32. The second kappa shape index (κ2) is 8.50. The quantitative estimate of drug-likeness (QED) is 0.414. The predicted octanol–water partition coefficient (Wildman–Crippen LogP) is -0.139. The Morgan fingerprint density at radius 1 is 0.938 bits per heavy atom. The Hall–Kier alpha value is -0.644. The Balaban J connectivity index is 0.00000112. The van der Waals surface area contributed by atoms with Gasteiger partial charge in [0.1, 0.15) is 0 Å². The zero-order chi connectivity index (χ0) is 9.64. The molecular weight excluding hydrogens is 274 g/mol. The first-order valence-electron chi connectivity index (χ1n) is 4.51. The van der Waals surface area contributed by atoms with Gasteiger partial charge in [0, 0.05) is 0 Å². The van der Waals surface area contributed by atoms with Crippen molar-refractivity contribution in [2.24, 2.45) is 4.99 Å². The molecule has 3 heteroatoms. The minimum atomic E-state index is 0. The van der Waals surface area contributed by atoms with Crippen LogP contribution < -0.4 is 17.0 Å². The topological polar surface area (TPSA) is 12.4 Å². The smallest absolute Gasteiger partial charge is 1.00 e. The van der Waals surface area contributed by atoms with Crippen LogP contribution in [-0.2, 0) is 0 Å². The summed E-state index contributed by atoms with van der Waals surface area (Å²) in [6.07, 6.45) is 1.81. The van der Waals surface area contributed by atoms with Crippen molar-refractivity contribution in [2.75, 3.05) is 0 Å². The monoisotopic (exact) mass is 283 g/mol. The fraction of sp³-hybridized carbons (Fsp3) is 0. The molecule has 0 atom stereocenters. The normalized spacial score (nSPS) is 9.25. The fourth-order valence-electron chi connectivity index (χ4n) is 1.15. The van der Waals surface area contributed by atoms with Gasteiger partial charge >= 0.3 is 23.1 Å². The first kappa shape index (κ1) is 15.4. The van der Waals surface area contributed by atoms with Crippen molar-refractivity contribution in [3.8, 4) is 0 Å². The van der Waals surface area contributed by atoms with Gasteiger partial charge in [0.25, 0.3) is 0 Å². The van der Waals surface area contributed by atoms with Crippen LogP contribution in [0.1, 0.15) is 5.56 Å². The number of hydrogen-bond donors (Lipinski definition) is 0. The third kappa shape index (κ3) is 4.92. The molecule has 0 heterocycles.